The predicted molar refractivity (Wildman–Crippen MR) is 70.6 cm³/mol. The number of hydrogen-bond acceptors (Lipinski definition) is 5. The molecule has 20 heavy (non-hydrogen) atoms. The van der Waals surface area contributed by atoms with Crippen molar-refractivity contribution in [2.24, 2.45) is 11.8 Å². The third-order valence-electron chi connectivity index (χ3n) is 3.40. The molecule has 3 N–H and O–H groups in total. The standard InChI is InChI=1S/C12H14N4O4/c1-7-9(3-2-4-10(7)16(19)20)15-6-8(5-11(15)17)12(18)14-13/h2-4,8H,5-6,13H2,1H3,(H,14,18). The van der Waals surface area contributed by atoms with Gasteiger partial charge in [-0.05, 0) is 13.0 Å². The van der Waals surface area contributed by atoms with E-state index in [2.05, 4.69) is 0 Å². The van der Waals surface area contributed by atoms with Crippen LogP contribution in [0.15, 0.2) is 18.2 Å². The zero-order chi connectivity index (χ0) is 14.9. The molecule has 0 radical (unpaired) electrons. The molecule has 1 aliphatic heterocycles. The van der Waals surface area contributed by atoms with Crippen molar-refractivity contribution < 1.29 is 14.5 Å². The van der Waals surface area contributed by atoms with E-state index in [4.69, 9.17) is 5.84 Å². The first-order chi connectivity index (χ1) is 9.45. The molecule has 1 fully saturated rings. The molecule has 1 aromatic carbocycles. The lowest BCUT2D eigenvalue weighted by atomic mass is 10.1. The average molecular weight is 278 g/mol. The molecule has 0 bridgehead atoms. The summed E-state index contributed by atoms with van der Waals surface area (Å²) >= 11 is 0. The zero-order valence-electron chi connectivity index (χ0n) is 10.8. The SMILES string of the molecule is Cc1c(N2CC(C(=O)NN)CC2=O)cccc1[N+](=O)[O-]. The first-order valence-electron chi connectivity index (χ1n) is 6.00. The maximum Gasteiger partial charge on any atom is 0.274 e. The number of nitrogens with two attached hydrogens (primary N) is 1. The normalized spacial score (nSPS) is 18.2. The van der Waals surface area contributed by atoms with Crippen molar-refractivity contribution in [1.29, 1.82) is 0 Å². The van der Waals surface area contributed by atoms with E-state index >= 15 is 0 Å². The first-order valence-corrected chi connectivity index (χ1v) is 6.00. The molecule has 1 heterocycles. The second-order valence-corrected chi connectivity index (χ2v) is 4.59. The van der Waals surface area contributed by atoms with E-state index in [-0.39, 0.29) is 24.6 Å². The molecular formula is C12H14N4O4. The van der Waals surface area contributed by atoms with Gasteiger partial charge in [-0.2, -0.15) is 0 Å². The first kappa shape index (κ1) is 13.9. The van der Waals surface area contributed by atoms with E-state index in [9.17, 15) is 19.7 Å². The molecule has 8 nitrogen and oxygen atoms in total. The van der Waals surface area contributed by atoms with Crippen LogP contribution >= 0.6 is 0 Å². The van der Waals surface area contributed by atoms with Crippen molar-refractivity contribution in [3.63, 3.8) is 0 Å². The number of rotatable bonds is 3. The summed E-state index contributed by atoms with van der Waals surface area (Å²) in [5.74, 6) is 3.86. The zero-order valence-corrected chi connectivity index (χ0v) is 10.8. The van der Waals surface area contributed by atoms with Crippen molar-refractivity contribution >= 4 is 23.2 Å². The molecule has 1 unspecified atom stereocenters. The van der Waals surface area contributed by atoms with Gasteiger partial charge in [-0.15, -0.1) is 0 Å². The quantitative estimate of drug-likeness (QED) is 0.355. The van der Waals surface area contributed by atoms with Crippen molar-refractivity contribution in [1.82, 2.24) is 5.43 Å². The lowest BCUT2D eigenvalue weighted by Crippen LogP contribution is -2.37. The molecule has 1 saturated heterocycles. The third kappa shape index (κ3) is 2.32. The van der Waals surface area contributed by atoms with Gasteiger partial charge in [0, 0.05) is 19.0 Å². The van der Waals surface area contributed by atoms with Crippen molar-refractivity contribution in [2.45, 2.75) is 13.3 Å². The topological polar surface area (TPSA) is 119 Å². The van der Waals surface area contributed by atoms with Gasteiger partial charge >= 0.3 is 0 Å². The number of nitro groups is 1. The van der Waals surface area contributed by atoms with Crippen LogP contribution in [0.3, 0.4) is 0 Å². The highest BCUT2D eigenvalue weighted by molar-refractivity contribution is 6.01. The maximum atomic E-state index is 12.0. The Hall–Kier alpha value is -2.48. The summed E-state index contributed by atoms with van der Waals surface area (Å²) in [5.41, 5.74) is 2.82. The summed E-state index contributed by atoms with van der Waals surface area (Å²) in [5, 5.41) is 10.9. The molecule has 2 rings (SSSR count). The second-order valence-electron chi connectivity index (χ2n) is 4.59. The Bertz CT molecular complexity index is 587. The van der Waals surface area contributed by atoms with Gasteiger partial charge in [-0.25, -0.2) is 5.84 Å². The Morgan fingerprint density at radius 1 is 1.55 bits per heavy atom. The third-order valence-corrected chi connectivity index (χ3v) is 3.40. The minimum atomic E-state index is -0.536. The number of carbonyl (C=O) groups excluding carboxylic acids is 2. The van der Waals surface area contributed by atoms with E-state index in [1.807, 2.05) is 5.43 Å². The molecular weight excluding hydrogens is 264 g/mol. The van der Waals surface area contributed by atoms with Crippen LogP contribution in [0.2, 0.25) is 0 Å². The van der Waals surface area contributed by atoms with Crippen LogP contribution in [0.4, 0.5) is 11.4 Å². The van der Waals surface area contributed by atoms with E-state index in [1.165, 1.54) is 17.0 Å². The van der Waals surface area contributed by atoms with Crippen LogP contribution in [0.1, 0.15) is 12.0 Å². The number of anilines is 1. The molecule has 1 aliphatic rings. The highest BCUT2D eigenvalue weighted by Gasteiger charge is 2.36. The van der Waals surface area contributed by atoms with Gasteiger partial charge in [0.2, 0.25) is 11.8 Å². The highest BCUT2D eigenvalue weighted by atomic mass is 16.6. The lowest BCUT2D eigenvalue weighted by Gasteiger charge is -2.18. The fourth-order valence-corrected chi connectivity index (χ4v) is 2.34. The van der Waals surface area contributed by atoms with Crippen molar-refractivity contribution in [3.8, 4) is 0 Å². The van der Waals surface area contributed by atoms with Crippen LogP contribution in [-0.2, 0) is 9.59 Å². The largest absolute Gasteiger partial charge is 0.311 e. The van der Waals surface area contributed by atoms with Crippen molar-refractivity contribution in [2.75, 3.05) is 11.4 Å². The van der Waals surface area contributed by atoms with E-state index in [0.29, 0.717) is 11.3 Å². The summed E-state index contributed by atoms with van der Waals surface area (Å²) in [7, 11) is 0. The molecule has 8 heteroatoms. The Morgan fingerprint density at radius 2 is 2.25 bits per heavy atom. The minimum absolute atomic E-state index is 0.0468. The van der Waals surface area contributed by atoms with Gasteiger partial charge < -0.3 is 4.90 Å². The summed E-state index contributed by atoms with van der Waals surface area (Å²) in [6.07, 6.45) is 0.0468. The van der Waals surface area contributed by atoms with E-state index in [0.717, 1.165) is 0 Å². The second kappa shape index (κ2) is 5.25. The number of hydrogen-bond donors (Lipinski definition) is 2. The van der Waals surface area contributed by atoms with Crippen LogP contribution in [0, 0.1) is 23.0 Å². The number of nitrogens with one attached hydrogen (secondary N) is 1. The number of hydrazine groups is 1. The number of amides is 2. The number of nitro benzene ring substituents is 1. The maximum absolute atomic E-state index is 12.0. The lowest BCUT2D eigenvalue weighted by molar-refractivity contribution is -0.385. The van der Waals surface area contributed by atoms with Gasteiger partial charge in [0.15, 0.2) is 0 Å². The minimum Gasteiger partial charge on any atom is -0.311 e. The van der Waals surface area contributed by atoms with Crippen LogP contribution < -0.4 is 16.2 Å². The molecule has 2 amide bonds. The fourth-order valence-electron chi connectivity index (χ4n) is 2.34. The predicted octanol–water partition coefficient (Wildman–Crippen LogP) is 0.246. The molecule has 0 saturated carbocycles. The van der Waals surface area contributed by atoms with Gasteiger partial charge in [0.05, 0.1) is 22.1 Å². The Kier molecular flexibility index (Phi) is 3.66. The summed E-state index contributed by atoms with van der Waals surface area (Å²) in [4.78, 5) is 35.3. The number of carbonyl (C=O) groups is 2. The summed E-state index contributed by atoms with van der Waals surface area (Å²) < 4.78 is 0. The summed E-state index contributed by atoms with van der Waals surface area (Å²) in [6, 6.07) is 4.52. The molecule has 106 valence electrons. The van der Waals surface area contributed by atoms with Crippen molar-refractivity contribution in [3.05, 3.63) is 33.9 Å². The molecule has 1 aromatic rings. The number of benzene rings is 1. The van der Waals surface area contributed by atoms with Crippen LogP contribution in [-0.4, -0.2) is 23.3 Å². The van der Waals surface area contributed by atoms with Gasteiger partial charge in [-0.1, -0.05) is 6.07 Å². The molecule has 1 atom stereocenters. The Balaban J connectivity index is 2.33. The smallest absolute Gasteiger partial charge is 0.274 e. The summed E-state index contributed by atoms with van der Waals surface area (Å²) in [6.45, 7) is 1.75. The number of nitrogens with zero attached hydrogens (tertiary/aromatic N) is 2. The Morgan fingerprint density at radius 3 is 2.85 bits per heavy atom. The average Bonchev–Trinajstić information content (AvgIpc) is 2.79. The highest BCUT2D eigenvalue weighted by Crippen LogP contribution is 2.32. The van der Waals surface area contributed by atoms with Crippen LogP contribution in [0.25, 0.3) is 0 Å². The molecule has 0 aliphatic carbocycles. The van der Waals surface area contributed by atoms with Gasteiger partial charge in [-0.3, -0.25) is 25.1 Å². The van der Waals surface area contributed by atoms with Gasteiger partial charge in [0.1, 0.15) is 0 Å². The van der Waals surface area contributed by atoms with Crippen LogP contribution in [0.5, 0.6) is 0 Å². The molecule has 0 aromatic heterocycles. The van der Waals surface area contributed by atoms with Gasteiger partial charge in [0.25, 0.3) is 5.69 Å². The Labute approximate surface area is 114 Å². The van der Waals surface area contributed by atoms with E-state index in [1.54, 1.807) is 13.0 Å². The fraction of sp³-hybridized carbons (Fsp3) is 0.333. The van der Waals surface area contributed by atoms with E-state index < -0.39 is 16.7 Å². The monoisotopic (exact) mass is 278 g/mol. The molecule has 0 spiro atoms.